The first kappa shape index (κ1) is 16.5. The first-order valence-electron chi connectivity index (χ1n) is 7.81. The molecule has 2 rings (SSSR count). The van der Waals surface area contributed by atoms with Crippen molar-refractivity contribution in [2.45, 2.75) is 77.1 Å². The van der Waals surface area contributed by atoms with Gasteiger partial charge in [0.05, 0.1) is 11.2 Å². The smallest absolute Gasteiger partial charge is 0.302 e. The molecule has 0 bridgehead atoms. The van der Waals surface area contributed by atoms with Crippen LogP contribution in [0.3, 0.4) is 0 Å². The molecule has 2 aliphatic rings. The molecule has 4 heteroatoms. The summed E-state index contributed by atoms with van der Waals surface area (Å²) >= 11 is 0. The standard InChI is InChI=1S/C17H28O4/c1-11-6-7-14(21-12(2)18)16(5)9-8-13(15(3,4)19)10-17(11,16)20/h13-14,19-20H,1,6-10H2,2-5H3. The number of hydrogen-bond acceptors (Lipinski definition) is 4. The molecule has 21 heavy (non-hydrogen) atoms. The molecule has 0 spiro atoms. The summed E-state index contributed by atoms with van der Waals surface area (Å²) in [5, 5.41) is 21.6. The molecule has 2 saturated carbocycles. The molecule has 0 aromatic carbocycles. The van der Waals surface area contributed by atoms with Crippen LogP contribution in [0.15, 0.2) is 12.2 Å². The SMILES string of the molecule is C=C1CCC(OC(C)=O)C2(C)CCC(C(C)(C)O)CC12O. The quantitative estimate of drug-likeness (QED) is 0.607. The number of fused-ring (bicyclic) bond motifs is 1. The van der Waals surface area contributed by atoms with Crippen LogP contribution in [-0.2, 0) is 9.53 Å². The average Bonchev–Trinajstić information content (AvgIpc) is 2.34. The summed E-state index contributed by atoms with van der Waals surface area (Å²) in [5.74, 6) is -0.288. The molecule has 120 valence electrons. The van der Waals surface area contributed by atoms with E-state index in [-0.39, 0.29) is 18.0 Å². The third-order valence-corrected chi connectivity index (χ3v) is 5.81. The number of ether oxygens (including phenoxy) is 1. The van der Waals surface area contributed by atoms with Gasteiger partial charge in [0.15, 0.2) is 0 Å². The molecule has 0 radical (unpaired) electrons. The Morgan fingerprint density at radius 1 is 1.43 bits per heavy atom. The minimum absolute atomic E-state index is 0.0170. The van der Waals surface area contributed by atoms with Gasteiger partial charge in [-0.15, -0.1) is 0 Å². The molecule has 4 atom stereocenters. The van der Waals surface area contributed by atoms with Gasteiger partial charge in [-0.05, 0) is 57.4 Å². The van der Waals surface area contributed by atoms with Crippen molar-refractivity contribution >= 4 is 5.97 Å². The van der Waals surface area contributed by atoms with Crippen molar-refractivity contribution in [2.75, 3.05) is 0 Å². The van der Waals surface area contributed by atoms with E-state index < -0.39 is 16.6 Å². The van der Waals surface area contributed by atoms with Crippen LogP contribution in [0.1, 0.15) is 59.8 Å². The van der Waals surface area contributed by atoms with Crippen LogP contribution in [0, 0.1) is 11.3 Å². The Kier molecular flexibility index (Phi) is 4.00. The highest BCUT2D eigenvalue weighted by atomic mass is 16.5. The Morgan fingerprint density at radius 2 is 2.05 bits per heavy atom. The van der Waals surface area contributed by atoms with Crippen LogP contribution in [0.25, 0.3) is 0 Å². The summed E-state index contributed by atoms with van der Waals surface area (Å²) in [6, 6.07) is 0. The molecule has 0 aliphatic heterocycles. The van der Waals surface area contributed by atoms with E-state index >= 15 is 0 Å². The Morgan fingerprint density at radius 3 is 2.57 bits per heavy atom. The van der Waals surface area contributed by atoms with Gasteiger partial charge in [0.1, 0.15) is 6.10 Å². The van der Waals surface area contributed by atoms with Crippen molar-refractivity contribution in [3.8, 4) is 0 Å². The fourth-order valence-corrected chi connectivity index (χ4v) is 4.17. The lowest BCUT2D eigenvalue weighted by Gasteiger charge is -2.58. The van der Waals surface area contributed by atoms with Crippen LogP contribution in [0.5, 0.6) is 0 Å². The third-order valence-electron chi connectivity index (χ3n) is 5.81. The molecule has 0 aromatic rings. The Labute approximate surface area is 127 Å². The lowest BCUT2D eigenvalue weighted by atomic mass is 9.51. The van der Waals surface area contributed by atoms with Crippen molar-refractivity contribution < 1.29 is 19.7 Å². The van der Waals surface area contributed by atoms with Crippen LogP contribution in [-0.4, -0.2) is 33.5 Å². The van der Waals surface area contributed by atoms with Gasteiger partial charge in [-0.1, -0.05) is 13.5 Å². The van der Waals surface area contributed by atoms with Gasteiger partial charge in [0.25, 0.3) is 0 Å². The molecule has 4 nitrogen and oxygen atoms in total. The van der Waals surface area contributed by atoms with E-state index in [9.17, 15) is 15.0 Å². The maximum Gasteiger partial charge on any atom is 0.302 e. The summed E-state index contributed by atoms with van der Waals surface area (Å²) in [4.78, 5) is 11.4. The lowest BCUT2D eigenvalue weighted by molar-refractivity contribution is -0.200. The van der Waals surface area contributed by atoms with Crippen molar-refractivity contribution in [1.82, 2.24) is 0 Å². The highest BCUT2D eigenvalue weighted by molar-refractivity contribution is 5.66. The van der Waals surface area contributed by atoms with Crippen LogP contribution in [0.4, 0.5) is 0 Å². The fraction of sp³-hybridized carbons (Fsp3) is 0.824. The summed E-state index contributed by atoms with van der Waals surface area (Å²) in [7, 11) is 0. The van der Waals surface area contributed by atoms with Crippen LogP contribution in [0.2, 0.25) is 0 Å². The summed E-state index contributed by atoms with van der Waals surface area (Å²) < 4.78 is 5.50. The van der Waals surface area contributed by atoms with Gasteiger partial charge in [-0.25, -0.2) is 0 Å². The minimum atomic E-state index is -1.08. The normalized spacial score (nSPS) is 40.6. The number of hydrogen-bond donors (Lipinski definition) is 2. The molecule has 0 heterocycles. The maximum absolute atomic E-state index is 11.4. The summed E-state index contributed by atoms with van der Waals surface area (Å²) in [5.41, 5.74) is -1.61. The second kappa shape index (κ2) is 5.10. The first-order valence-corrected chi connectivity index (χ1v) is 7.81. The van der Waals surface area contributed by atoms with E-state index in [0.29, 0.717) is 19.3 Å². The predicted molar refractivity (Wildman–Crippen MR) is 80.6 cm³/mol. The molecule has 0 amide bonds. The zero-order valence-corrected chi connectivity index (χ0v) is 13.6. The molecule has 0 saturated heterocycles. The van der Waals surface area contributed by atoms with Crippen LogP contribution < -0.4 is 0 Å². The Hall–Kier alpha value is -0.870. The molecular formula is C17H28O4. The summed E-state index contributed by atoms with van der Waals surface area (Å²) in [6.07, 6.45) is 3.09. The van der Waals surface area contributed by atoms with Crippen molar-refractivity contribution in [1.29, 1.82) is 0 Å². The van der Waals surface area contributed by atoms with E-state index in [1.165, 1.54) is 6.92 Å². The van der Waals surface area contributed by atoms with Gasteiger partial charge in [-0.2, -0.15) is 0 Å². The van der Waals surface area contributed by atoms with Gasteiger partial charge in [0.2, 0.25) is 0 Å². The number of carbonyl (C=O) groups is 1. The second-order valence-electron chi connectivity index (χ2n) is 7.61. The minimum Gasteiger partial charge on any atom is -0.462 e. The zero-order valence-electron chi connectivity index (χ0n) is 13.6. The predicted octanol–water partition coefficient (Wildman–Crippen LogP) is 2.58. The average molecular weight is 296 g/mol. The summed E-state index contributed by atoms with van der Waals surface area (Å²) in [6.45, 7) is 11.1. The second-order valence-corrected chi connectivity index (χ2v) is 7.61. The highest BCUT2D eigenvalue weighted by Crippen LogP contribution is 2.58. The number of carbonyl (C=O) groups excluding carboxylic acids is 1. The number of aliphatic hydroxyl groups is 2. The van der Waals surface area contributed by atoms with Crippen LogP contribution >= 0.6 is 0 Å². The van der Waals surface area contributed by atoms with E-state index in [1.807, 2.05) is 6.92 Å². The molecule has 2 fully saturated rings. The van der Waals surface area contributed by atoms with Crippen molar-refractivity contribution in [2.24, 2.45) is 11.3 Å². The molecule has 0 aromatic heterocycles. The van der Waals surface area contributed by atoms with E-state index in [1.54, 1.807) is 13.8 Å². The van der Waals surface area contributed by atoms with Gasteiger partial charge in [0, 0.05) is 12.3 Å². The van der Waals surface area contributed by atoms with E-state index in [2.05, 4.69) is 6.58 Å². The topological polar surface area (TPSA) is 66.8 Å². The molecule has 2 N–H and O–H groups in total. The van der Waals surface area contributed by atoms with Gasteiger partial charge in [-0.3, -0.25) is 4.79 Å². The molecule has 4 unspecified atom stereocenters. The largest absolute Gasteiger partial charge is 0.462 e. The van der Waals surface area contributed by atoms with E-state index in [4.69, 9.17) is 4.74 Å². The highest BCUT2D eigenvalue weighted by Gasteiger charge is 2.60. The third kappa shape index (κ3) is 2.64. The Bertz CT molecular complexity index is 450. The molecular weight excluding hydrogens is 268 g/mol. The Balaban J connectivity index is 2.34. The van der Waals surface area contributed by atoms with Crippen molar-refractivity contribution in [3.05, 3.63) is 12.2 Å². The lowest BCUT2D eigenvalue weighted by Crippen LogP contribution is -2.62. The van der Waals surface area contributed by atoms with Gasteiger partial charge < -0.3 is 14.9 Å². The van der Waals surface area contributed by atoms with Crippen molar-refractivity contribution in [3.63, 3.8) is 0 Å². The van der Waals surface area contributed by atoms with E-state index in [0.717, 1.165) is 18.4 Å². The fourth-order valence-electron chi connectivity index (χ4n) is 4.17. The molecule has 2 aliphatic carbocycles. The number of rotatable bonds is 2. The monoisotopic (exact) mass is 296 g/mol. The number of esters is 1. The zero-order chi connectivity index (χ0) is 16.1. The maximum atomic E-state index is 11.4. The first-order chi connectivity index (χ1) is 9.50. The van der Waals surface area contributed by atoms with Gasteiger partial charge >= 0.3 is 5.97 Å².